The van der Waals surface area contributed by atoms with Crippen molar-refractivity contribution in [2.45, 2.75) is 38.9 Å². The van der Waals surface area contributed by atoms with E-state index in [0.29, 0.717) is 23.8 Å². The number of nitrogens with zero attached hydrogens (tertiary/aromatic N) is 1. The molecule has 1 aliphatic carbocycles. The minimum Gasteiger partial charge on any atom is -0.376 e. The van der Waals surface area contributed by atoms with Gasteiger partial charge in [0.05, 0.1) is 12.1 Å². The summed E-state index contributed by atoms with van der Waals surface area (Å²) in [6, 6.07) is 3.82. The van der Waals surface area contributed by atoms with Gasteiger partial charge in [-0.05, 0) is 44.4 Å². The van der Waals surface area contributed by atoms with E-state index in [2.05, 4.69) is 5.32 Å². The van der Waals surface area contributed by atoms with Crippen molar-refractivity contribution in [2.75, 3.05) is 18.4 Å². The molecule has 0 radical (unpaired) electrons. The van der Waals surface area contributed by atoms with E-state index in [1.807, 2.05) is 6.92 Å². The molecule has 1 aliphatic rings. The van der Waals surface area contributed by atoms with Crippen LogP contribution in [0.1, 0.15) is 30.9 Å². The number of amides is 1. The number of hydrogen-bond donors (Lipinski definition) is 1. The van der Waals surface area contributed by atoms with Gasteiger partial charge >= 0.3 is 6.18 Å². The number of hydrogen-bond acceptors (Lipinski definition) is 2. The average molecular weight is 300 g/mol. The summed E-state index contributed by atoms with van der Waals surface area (Å²) in [5, 5.41) is 2.83. The Kier molecular flexibility index (Phi) is 4.44. The second kappa shape index (κ2) is 5.95. The Morgan fingerprint density at radius 3 is 2.57 bits per heavy atom. The normalized spacial score (nSPS) is 14.9. The van der Waals surface area contributed by atoms with Crippen LogP contribution in [0.25, 0.3) is 0 Å². The number of alkyl halides is 3. The lowest BCUT2D eigenvalue weighted by molar-refractivity contribution is -0.137. The zero-order valence-corrected chi connectivity index (χ0v) is 12.1. The average Bonchev–Trinajstić information content (AvgIpc) is 3.22. The monoisotopic (exact) mass is 300 g/mol. The lowest BCUT2D eigenvalue weighted by Crippen LogP contribution is -2.37. The van der Waals surface area contributed by atoms with Gasteiger partial charge in [-0.15, -0.1) is 0 Å². The van der Waals surface area contributed by atoms with E-state index in [1.54, 1.807) is 11.8 Å². The predicted molar refractivity (Wildman–Crippen MR) is 75.1 cm³/mol. The summed E-state index contributed by atoms with van der Waals surface area (Å²) in [4.78, 5) is 13.8. The Hall–Kier alpha value is -1.72. The Morgan fingerprint density at radius 2 is 2.05 bits per heavy atom. The van der Waals surface area contributed by atoms with E-state index < -0.39 is 11.7 Å². The molecule has 1 aromatic carbocycles. The molecule has 0 bridgehead atoms. The molecule has 0 unspecified atom stereocenters. The van der Waals surface area contributed by atoms with E-state index >= 15 is 0 Å². The lowest BCUT2D eigenvalue weighted by Gasteiger charge is -2.21. The summed E-state index contributed by atoms with van der Waals surface area (Å²) in [5.41, 5.74) is 0.327. The van der Waals surface area contributed by atoms with Gasteiger partial charge in [-0.3, -0.25) is 4.79 Å². The first-order chi connectivity index (χ1) is 9.82. The number of nitrogens with one attached hydrogen (secondary N) is 1. The molecule has 2 rings (SSSR count). The summed E-state index contributed by atoms with van der Waals surface area (Å²) >= 11 is 0. The molecule has 3 nitrogen and oxygen atoms in total. The van der Waals surface area contributed by atoms with Gasteiger partial charge in [-0.25, -0.2) is 0 Å². The number of anilines is 1. The van der Waals surface area contributed by atoms with Crippen LogP contribution in [0.15, 0.2) is 18.2 Å². The lowest BCUT2D eigenvalue weighted by atomic mass is 10.1. The highest BCUT2D eigenvalue weighted by Gasteiger charge is 2.32. The van der Waals surface area contributed by atoms with Crippen LogP contribution in [0.2, 0.25) is 0 Å². The molecule has 1 amide bonds. The Labute approximate surface area is 122 Å². The molecule has 0 aromatic heterocycles. The van der Waals surface area contributed by atoms with Crippen molar-refractivity contribution in [3.8, 4) is 0 Å². The van der Waals surface area contributed by atoms with Crippen molar-refractivity contribution in [3.05, 3.63) is 29.3 Å². The smallest absolute Gasteiger partial charge is 0.376 e. The van der Waals surface area contributed by atoms with Crippen molar-refractivity contribution >= 4 is 11.6 Å². The van der Waals surface area contributed by atoms with Crippen molar-refractivity contribution < 1.29 is 18.0 Å². The van der Waals surface area contributed by atoms with E-state index in [-0.39, 0.29) is 12.5 Å². The van der Waals surface area contributed by atoms with Crippen LogP contribution < -0.4 is 5.32 Å². The highest BCUT2D eigenvalue weighted by Crippen LogP contribution is 2.32. The summed E-state index contributed by atoms with van der Waals surface area (Å²) < 4.78 is 38.1. The van der Waals surface area contributed by atoms with Crippen LogP contribution in [-0.4, -0.2) is 29.9 Å². The Morgan fingerprint density at radius 1 is 1.38 bits per heavy atom. The minimum absolute atomic E-state index is 0.0203. The molecule has 21 heavy (non-hydrogen) atoms. The van der Waals surface area contributed by atoms with Gasteiger partial charge in [0.1, 0.15) is 0 Å². The molecular formula is C15H19F3N2O. The van der Waals surface area contributed by atoms with Crippen LogP contribution in [-0.2, 0) is 11.0 Å². The van der Waals surface area contributed by atoms with Crippen LogP contribution in [0.5, 0.6) is 0 Å². The number of halogens is 3. The fourth-order valence-electron chi connectivity index (χ4n) is 2.29. The minimum atomic E-state index is -4.38. The molecule has 1 N–H and O–H groups in total. The van der Waals surface area contributed by atoms with E-state index in [4.69, 9.17) is 0 Å². The molecular weight excluding hydrogens is 281 g/mol. The molecule has 1 aromatic rings. The predicted octanol–water partition coefficient (Wildman–Crippen LogP) is 3.44. The second-order valence-corrected chi connectivity index (χ2v) is 5.29. The van der Waals surface area contributed by atoms with Gasteiger partial charge in [-0.1, -0.05) is 6.07 Å². The third-order valence-corrected chi connectivity index (χ3v) is 3.64. The molecule has 0 spiro atoms. The van der Waals surface area contributed by atoms with Gasteiger partial charge in [0.25, 0.3) is 0 Å². The first kappa shape index (κ1) is 15.7. The topological polar surface area (TPSA) is 32.3 Å². The number of rotatable bonds is 5. The zero-order chi connectivity index (χ0) is 15.6. The quantitative estimate of drug-likeness (QED) is 0.903. The van der Waals surface area contributed by atoms with Crippen LogP contribution >= 0.6 is 0 Å². The van der Waals surface area contributed by atoms with Gasteiger partial charge in [-0.2, -0.15) is 13.2 Å². The fourth-order valence-corrected chi connectivity index (χ4v) is 2.29. The first-order valence-corrected chi connectivity index (χ1v) is 7.04. The fraction of sp³-hybridized carbons (Fsp3) is 0.533. The van der Waals surface area contributed by atoms with Crippen molar-refractivity contribution in [2.24, 2.45) is 0 Å². The largest absolute Gasteiger partial charge is 0.416 e. The maximum atomic E-state index is 12.7. The van der Waals surface area contributed by atoms with Gasteiger partial charge < -0.3 is 10.2 Å². The Bertz CT molecular complexity index is 524. The molecule has 6 heteroatoms. The second-order valence-electron chi connectivity index (χ2n) is 5.29. The van der Waals surface area contributed by atoms with Gasteiger partial charge in [0.2, 0.25) is 5.91 Å². The van der Waals surface area contributed by atoms with Crippen LogP contribution in [0, 0.1) is 6.92 Å². The molecule has 0 saturated heterocycles. The van der Waals surface area contributed by atoms with E-state index in [1.165, 1.54) is 6.07 Å². The van der Waals surface area contributed by atoms with E-state index in [0.717, 1.165) is 25.0 Å². The van der Waals surface area contributed by atoms with Crippen LogP contribution in [0.3, 0.4) is 0 Å². The number of carbonyl (C=O) groups is 1. The third kappa shape index (κ3) is 3.89. The highest BCUT2D eigenvalue weighted by atomic mass is 19.4. The summed E-state index contributed by atoms with van der Waals surface area (Å²) in [6.07, 6.45) is -2.35. The molecule has 0 aliphatic heterocycles. The number of carbonyl (C=O) groups excluding carboxylic acids is 1. The molecule has 1 fully saturated rings. The third-order valence-electron chi connectivity index (χ3n) is 3.64. The van der Waals surface area contributed by atoms with Crippen LogP contribution in [0.4, 0.5) is 18.9 Å². The van der Waals surface area contributed by atoms with Crippen molar-refractivity contribution in [1.82, 2.24) is 4.90 Å². The summed E-state index contributed by atoms with van der Waals surface area (Å²) in [7, 11) is 0. The summed E-state index contributed by atoms with van der Waals surface area (Å²) in [5.74, 6) is -0.0724. The highest BCUT2D eigenvalue weighted by molar-refractivity contribution is 5.81. The molecule has 1 saturated carbocycles. The molecule has 0 heterocycles. The number of likely N-dealkylation sites (N-methyl/N-ethyl adjacent to an activating group) is 1. The van der Waals surface area contributed by atoms with Crippen molar-refractivity contribution in [3.63, 3.8) is 0 Å². The first-order valence-electron chi connectivity index (χ1n) is 7.04. The SMILES string of the molecule is CCN(C(=O)CNc1cc(C(F)(F)F)ccc1C)C1CC1. The molecule has 0 atom stereocenters. The van der Waals surface area contributed by atoms with Gasteiger partial charge in [0, 0.05) is 18.3 Å². The van der Waals surface area contributed by atoms with Gasteiger partial charge in [0.15, 0.2) is 0 Å². The standard InChI is InChI=1S/C15H19F3N2O/c1-3-20(12-6-7-12)14(21)9-19-13-8-11(15(16,17)18)5-4-10(13)2/h4-5,8,12,19H,3,6-7,9H2,1-2H3. The number of aryl methyl sites for hydroxylation is 1. The molecule has 116 valence electrons. The Balaban J connectivity index is 2.03. The van der Waals surface area contributed by atoms with Crippen molar-refractivity contribution in [1.29, 1.82) is 0 Å². The van der Waals surface area contributed by atoms with E-state index in [9.17, 15) is 18.0 Å². The maximum Gasteiger partial charge on any atom is 0.416 e. The maximum absolute atomic E-state index is 12.7. The zero-order valence-electron chi connectivity index (χ0n) is 12.1. The summed E-state index contributed by atoms with van der Waals surface area (Å²) in [6.45, 7) is 4.27. The number of benzene rings is 1.